The molecule has 2 heterocycles. The van der Waals surface area contributed by atoms with Gasteiger partial charge >= 0.3 is 6.03 Å². The highest BCUT2D eigenvalue weighted by atomic mass is 16.2. The molecular formula is C13H22N4O3. The second-order valence-corrected chi connectivity index (χ2v) is 5.44. The Hall–Kier alpha value is -1.63. The Bertz CT molecular complexity index is 416. The van der Waals surface area contributed by atoms with Gasteiger partial charge in [-0.3, -0.25) is 14.5 Å². The third-order valence-electron chi connectivity index (χ3n) is 4.21. The summed E-state index contributed by atoms with van der Waals surface area (Å²) in [4.78, 5) is 37.0. The smallest absolute Gasteiger partial charge is 0.325 e. The van der Waals surface area contributed by atoms with Crippen molar-refractivity contribution in [2.75, 3.05) is 26.2 Å². The monoisotopic (exact) mass is 282 g/mol. The second-order valence-electron chi connectivity index (χ2n) is 5.44. The number of hydrogen-bond acceptors (Lipinski definition) is 4. The summed E-state index contributed by atoms with van der Waals surface area (Å²) >= 11 is 0. The molecule has 2 saturated heterocycles. The summed E-state index contributed by atoms with van der Waals surface area (Å²) in [7, 11) is 0. The van der Waals surface area contributed by atoms with Crippen molar-refractivity contribution in [1.29, 1.82) is 0 Å². The molecule has 112 valence electrons. The van der Waals surface area contributed by atoms with E-state index in [2.05, 4.69) is 16.0 Å². The summed E-state index contributed by atoms with van der Waals surface area (Å²) in [6, 6.07) is -0.473. The molecule has 0 bridgehead atoms. The maximum Gasteiger partial charge on any atom is 0.325 e. The number of nitrogens with one attached hydrogen (secondary N) is 3. The van der Waals surface area contributed by atoms with Crippen LogP contribution in [0, 0.1) is 5.92 Å². The van der Waals surface area contributed by atoms with Crippen molar-refractivity contribution in [3.63, 3.8) is 0 Å². The first-order valence-electron chi connectivity index (χ1n) is 7.14. The number of urea groups is 1. The zero-order valence-electron chi connectivity index (χ0n) is 12.0. The van der Waals surface area contributed by atoms with Crippen LogP contribution in [0.15, 0.2) is 0 Å². The standard InChI is InChI=1S/C13H22N4O3/c1-3-13(4-2)11(19)17(12(20)16-13)8-10(18)15-7-9-5-14-6-9/h9,14H,3-8H2,1-2H3,(H,15,18)(H,16,20). The van der Waals surface area contributed by atoms with Gasteiger partial charge in [-0.2, -0.15) is 0 Å². The predicted octanol–water partition coefficient (Wildman–Crippen LogP) is -0.567. The Balaban J connectivity index is 1.89. The van der Waals surface area contributed by atoms with Gasteiger partial charge in [-0.05, 0) is 12.8 Å². The van der Waals surface area contributed by atoms with Gasteiger partial charge < -0.3 is 16.0 Å². The Morgan fingerprint density at radius 3 is 2.45 bits per heavy atom. The zero-order valence-corrected chi connectivity index (χ0v) is 12.0. The van der Waals surface area contributed by atoms with E-state index in [0.717, 1.165) is 18.0 Å². The summed E-state index contributed by atoms with van der Waals surface area (Å²) in [6.45, 7) is 5.90. The van der Waals surface area contributed by atoms with Gasteiger partial charge in [0, 0.05) is 25.6 Å². The van der Waals surface area contributed by atoms with E-state index in [1.807, 2.05) is 13.8 Å². The van der Waals surface area contributed by atoms with Gasteiger partial charge in [0.25, 0.3) is 5.91 Å². The van der Waals surface area contributed by atoms with Gasteiger partial charge in [0.1, 0.15) is 12.1 Å². The first kappa shape index (κ1) is 14.8. The number of nitrogens with zero attached hydrogens (tertiary/aromatic N) is 1. The summed E-state index contributed by atoms with van der Waals surface area (Å²) in [5.74, 6) is -0.135. The van der Waals surface area contributed by atoms with Crippen molar-refractivity contribution < 1.29 is 14.4 Å². The summed E-state index contributed by atoms with van der Waals surface area (Å²) in [5.41, 5.74) is -0.838. The SMILES string of the molecule is CCC1(CC)NC(=O)N(CC(=O)NCC2CNC2)C1=O. The van der Waals surface area contributed by atoms with Crippen LogP contribution in [0.5, 0.6) is 0 Å². The van der Waals surface area contributed by atoms with Crippen molar-refractivity contribution in [2.45, 2.75) is 32.2 Å². The third-order valence-corrected chi connectivity index (χ3v) is 4.21. The van der Waals surface area contributed by atoms with Crippen LogP contribution in [-0.2, 0) is 9.59 Å². The lowest BCUT2D eigenvalue weighted by Gasteiger charge is -2.27. The zero-order chi connectivity index (χ0) is 14.8. The lowest BCUT2D eigenvalue weighted by molar-refractivity contribution is -0.135. The van der Waals surface area contributed by atoms with Gasteiger partial charge in [0.2, 0.25) is 5.91 Å². The van der Waals surface area contributed by atoms with Crippen LogP contribution in [0.4, 0.5) is 4.79 Å². The van der Waals surface area contributed by atoms with Gasteiger partial charge in [0.15, 0.2) is 0 Å². The Kier molecular flexibility index (Phi) is 4.27. The van der Waals surface area contributed by atoms with Crippen LogP contribution in [0.3, 0.4) is 0 Å². The number of amides is 4. The molecule has 20 heavy (non-hydrogen) atoms. The molecule has 7 heteroatoms. The molecule has 0 radical (unpaired) electrons. The number of carbonyl (C=O) groups excluding carboxylic acids is 3. The van der Waals surface area contributed by atoms with Crippen LogP contribution < -0.4 is 16.0 Å². The molecule has 0 aromatic rings. The fourth-order valence-electron chi connectivity index (χ4n) is 2.50. The van der Waals surface area contributed by atoms with Crippen molar-refractivity contribution in [1.82, 2.24) is 20.9 Å². The Morgan fingerprint density at radius 1 is 1.35 bits per heavy atom. The van der Waals surface area contributed by atoms with E-state index < -0.39 is 11.6 Å². The minimum atomic E-state index is -0.838. The molecule has 0 aliphatic carbocycles. The van der Waals surface area contributed by atoms with E-state index in [0.29, 0.717) is 25.3 Å². The molecule has 2 fully saturated rings. The van der Waals surface area contributed by atoms with E-state index in [9.17, 15) is 14.4 Å². The van der Waals surface area contributed by atoms with Gasteiger partial charge in [0.05, 0.1) is 0 Å². The number of imide groups is 1. The quantitative estimate of drug-likeness (QED) is 0.569. The summed E-state index contributed by atoms with van der Waals surface area (Å²) in [6.07, 6.45) is 1.06. The maximum absolute atomic E-state index is 12.3. The molecule has 3 N–H and O–H groups in total. The largest absolute Gasteiger partial charge is 0.354 e. The minimum absolute atomic E-state index is 0.202. The first-order chi connectivity index (χ1) is 9.52. The molecule has 0 spiro atoms. The van der Waals surface area contributed by atoms with E-state index in [4.69, 9.17) is 0 Å². The lowest BCUT2D eigenvalue weighted by atomic mass is 9.93. The Labute approximate surface area is 118 Å². The molecule has 0 saturated carbocycles. The van der Waals surface area contributed by atoms with E-state index in [1.54, 1.807) is 0 Å². The minimum Gasteiger partial charge on any atom is -0.354 e. The first-order valence-corrected chi connectivity index (χ1v) is 7.14. The molecule has 2 aliphatic heterocycles. The van der Waals surface area contributed by atoms with E-state index in [1.165, 1.54) is 0 Å². The fourth-order valence-corrected chi connectivity index (χ4v) is 2.50. The lowest BCUT2D eigenvalue weighted by Crippen LogP contribution is -2.50. The summed E-state index contributed by atoms with van der Waals surface area (Å²) < 4.78 is 0. The molecule has 4 amide bonds. The highest BCUT2D eigenvalue weighted by Crippen LogP contribution is 2.24. The molecule has 2 rings (SSSR count). The van der Waals surface area contributed by atoms with Gasteiger partial charge in [-0.1, -0.05) is 13.8 Å². The Morgan fingerprint density at radius 2 is 2.00 bits per heavy atom. The molecular weight excluding hydrogens is 260 g/mol. The van der Waals surface area contributed by atoms with Crippen molar-refractivity contribution in [2.24, 2.45) is 5.92 Å². The van der Waals surface area contributed by atoms with Crippen LogP contribution in [0.1, 0.15) is 26.7 Å². The van der Waals surface area contributed by atoms with Crippen molar-refractivity contribution >= 4 is 17.8 Å². The predicted molar refractivity (Wildman–Crippen MR) is 72.9 cm³/mol. The molecule has 2 aliphatic rings. The van der Waals surface area contributed by atoms with Crippen LogP contribution in [0.2, 0.25) is 0 Å². The molecule has 7 nitrogen and oxygen atoms in total. The van der Waals surface area contributed by atoms with Crippen LogP contribution in [0.25, 0.3) is 0 Å². The van der Waals surface area contributed by atoms with Crippen molar-refractivity contribution in [3.05, 3.63) is 0 Å². The van der Waals surface area contributed by atoms with Gasteiger partial charge in [-0.25, -0.2) is 4.79 Å². The highest BCUT2D eigenvalue weighted by Gasteiger charge is 2.49. The average Bonchev–Trinajstić information content (AvgIpc) is 2.61. The average molecular weight is 282 g/mol. The van der Waals surface area contributed by atoms with E-state index in [-0.39, 0.29) is 18.4 Å². The topological polar surface area (TPSA) is 90.5 Å². The second kappa shape index (κ2) is 5.78. The normalized spacial score (nSPS) is 21.6. The van der Waals surface area contributed by atoms with E-state index >= 15 is 0 Å². The summed E-state index contributed by atoms with van der Waals surface area (Å²) in [5, 5.41) is 8.59. The van der Waals surface area contributed by atoms with Gasteiger partial charge in [-0.15, -0.1) is 0 Å². The molecule has 0 aromatic carbocycles. The number of hydrogen-bond donors (Lipinski definition) is 3. The highest BCUT2D eigenvalue weighted by molar-refractivity contribution is 6.08. The number of carbonyl (C=O) groups is 3. The molecule has 0 unspecified atom stereocenters. The molecule has 0 atom stereocenters. The third kappa shape index (κ3) is 2.63. The van der Waals surface area contributed by atoms with Crippen LogP contribution in [-0.4, -0.2) is 54.5 Å². The van der Waals surface area contributed by atoms with Crippen molar-refractivity contribution in [3.8, 4) is 0 Å². The maximum atomic E-state index is 12.3. The number of rotatable bonds is 6. The fraction of sp³-hybridized carbons (Fsp3) is 0.769. The molecule has 0 aromatic heterocycles. The van der Waals surface area contributed by atoms with Crippen LogP contribution >= 0.6 is 0 Å².